The molecule has 0 aliphatic carbocycles. The summed E-state index contributed by atoms with van der Waals surface area (Å²) in [7, 11) is 0. The van der Waals surface area contributed by atoms with Crippen LogP contribution in [0.15, 0.2) is 24.3 Å². The molecule has 3 N–H and O–H groups in total. The third-order valence-corrected chi connectivity index (χ3v) is 4.86. The minimum Gasteiger partial charge on any atom is -0.340 e. The smallest absolute Gasteiger partial charge is 0.251 e. The first kappa shape index (κ1) is 18.5. The molecule has 0 saturated carbocycles. The number of hydrogen-bond donors (Lipinski definition) is 2. The molecule has 0 spiro atoms. The molecule has 1 heterocycles. The van der Waals surface area contributed by atoms with E-state index in [1.165, 1.54) is 0 Å². The third-order valence-electron chi connectivity index (χ3n) is 4.86. The van der Waals surface area contributed by atoms with Crippen molar-refractivity contribution in [2.45, 2.75) is 40.2 Å². The number of benzene rings is 1. The van der Waals surface area contributed by atoms with Crippen LogP contribution in [0.3, 0.4) is 0 Å². The van der Waals surface area contributed by atoms with Crippen molar-refractivity contribution >= 4 is 11.8 Å². The van der Waals surface area contributed by atoms with Gasteiger partial charge in [-0.25, -0.2) is 0 Å². The lowest BCUT2D eigenvalue weighted by Crippen LogP contribution is -2.51. The lowest BCUT2D eigenvalue weighted by Gasteiger charge is -2.28. The molecular weight excluding hydrogens is 302 g/mol. The quantitative estimate of drug-likeness (QED) is 0.866. The average Bonchev–Trinajstić information content (AvgIpc) is 2.94. The molecule has 2 amide bonds. The predicted molar refractivity (Wildman–Crippen MR) is 95.6 cm³/mol. The van der Waals surface area contributed by atoms with E-state index in [-0.39, 0.29) is 23.1 Å². The van der Waals surface area contributed by atoms with Gasteiger partial charge in [0.15, 0.2) is 0 Å². The Morgan fingerprint density at radius 1 is 1.38 bits per heavy atom. The first-order chi connectivity index (χ1) is 11.3. The summed E-state index contributed by atoms with van der Waals surface area (Å²) in [5, 5.41) is 2.92. The molecule has 0 aromatic heterocycles. The highest BCUT2D eigenvalue weighted by Gasteiger charge is 2.38. The van der Waals surface area contributed by atoms with Gasteiger partial charge < -0.3 is 16.0 Å². The van der Waals surface area contributed by atoms with Gasteiger partial charge in [-0.05, 0) is 43.4 Å². The average molecular weight is 331 g/mol. The summed E-state index contributed by atoms with van der Waals surface area (Å²) in [6, 6.07) is 6.88. The lowest BCUT2D eigenvalue weighted by molar-refractivity contribution is -0.133. The molecule has 0 bridgehead atoms. The second-order valence-electron chi connectivity index (χ2n) is 7.59. The van der Waals surface area contributed by atoms with Crippen molar-refractivity contribution in [1.29, 1.82) is 0 Å². The molecule has 5 heteroatoms. The van der Waals surface area contributed by atoms with E-state index in [0.717, 1.165) is 12.0 Å². The minimum absolute atomic E-state index is 0.0109. The molecule has 2 unspecified atom stereocenters. The van der Waals surface area contributed by atoms with Crippen LogP contribution in [-0.2, 0) is 4.79 Å². The highest BCUT2D eigenvalue weighted by molar-refractivity contribution is 5.97. The maximum absolute atomic E-state index is 12.9. The van der Waals surface area contributed by atoms with Crippen LogP contribution in [0.1, 0.15) is 43.1 Å². The Bertz CT molecular complexity index is 614. The Labute approximate surface area is 144 Å². The Morgan fingerprint density at radius 2 is 2.08 bits per heavy atom. The number of amides is 2. The molecule has 5 nitrogen and oxygen atoms in total. The van der Waals surface area contributed by atoms with Crippen LogP contribution in [0, 0.1) is 18.3 Å². The molecule has 1 saturated heterocycles. The summed E-state index contributed by atoms with van der Waals surface area (Å²) < 4.78 is 0. The van der Waals surface area contributed by atoms with Gasteiger partial charge in [0.25, 0.3) is 5.91 Å². The van der Waals surface area contributed by atoms with Crippen LogP contribution in [0.2, 0.25) is 0 Å². The van der Waals surface area contributed by atoms with E-state index in [9.17, 15) is 9.59 Å². The number of nitrogens with zero attached hydrogens (tertiary/aromatic N) is 1. The number of likely N-dealkylation sites (tertiary alicyclic amines) is 1. The minimum atomic E-state index is -0.516. The van der Waals surface area contributed by atoms with E-state index < -0.39 is 6.04 Å². The van der Waals surface area contributed by atoms with Gasteiger partial charge in [0.05, 0.1) is 0 Å². The van der Waals surface area contributed by atoms with E-state index in [0.29, 0.717) is 25.2 Å². The van der Waals surface area contributed by atoms with E-state index in [2.05, 4.69) is 12.2 Å². The molecule has 2 rings (SSSR count). The van der Waals surface area contributed by atoms with Crippen LogP contribution in [0.5, 0.6) is 0 Å². The van der Waals surface area contributed by atoms with Crippen LogP contribution >= 0.6 is 0 Å². The van der Waals surface area contributed by atoms with E-state index in [1.807, 2.05) is 43.9 Å². The van der Waals surface area contributed by atoms with Crippen molar-refractivity contribution in [2.24, 2.45) is 17.1 Å². The van der Waals surface area contributed by atoms with Gasteiger partial charge in [0, 0.05) is 18.7 Å². The highest BCUT2D eigenvalue weighted by Crippen LogP contribution is 2.29. The number of rotatable bonds is 5. The normalized spacial score (nSPS) is 21.8. The molecule has 0 radical (unpaired) electrons. The summed E-state index contributed by atoms with van der Waals surface area (Å²) in [6.07, 6.45) is 0.909. The fourth-order valence-corrected chi connectivity index (χ4v) is 3.10. The first-order valence-corrected chi connectivity index (χ1v) is 8.62. The largest absolute Gasteiger partial charge is 0.340 e. The molecule has 1 fully saturated rings. The Morgan fingerprint density at radius 3 is 2.62 bits per heavy atom. The maximum Gasteiger partial charge on any atom is 0.251 e. The Balaban J connectivity index is 2.09. The van der Waals surface area contributed by atoms with Gasteiger partial charge in [-0.3, -0.25) is 9.59 Å². The van der Waals surface area contributed by atoms with E-state index in [4.69, 9.17) is 5.73 Å². The summed E-state index contributed by atoms with van der Waals surface area (Å²) >= 11 is 0. The van der Waals surface area contributed by atoms with Crippen LogP contribution in [0.4, 0.5) is 0 Å². The summed E-state index contributed by atoms with van der Waals surface area (Å²) in [5.41, 5.74) is 7.42. The zero-order chi connectivity index (χ0) is 17.9. The Kier molecular flexibility index (Phi) is 5.65. The maximum atomic E-state index is 12.9. The van der Waals surface area contributed by atoms with E-state index >= 15 is 0 Å². The van der Waals surface area contributed by atoms with E-state index in [1.54, 1.807) is 6.07 Å². The zero-order valence-corrected chi connectivity index (χ0v) is 15.1. The lowest BCUT2D eigenvalue weighted by atomic mass is 9.90. The second-order valence-corrected chi connectivity index (χ2v) is 7.59. The van der Waals surface area contributed by atoms with Gasteiger partial charge in [-0.1, -0.05) is 38.5 Å². The number of aryl methyl sites for hydroxylation is 1. The summed E-state index contributed by atoms with van der Waals surface area (Å²) in [4.78, 5) is 27.2. The number of carbonyl (C=O) groups excluding carboxylic acids is 2. The SMILES string of the molecule is Cc1cccc(C(=O)NC(C(=O)N2CCC(C)(CN)C2)C(C)C)c1. The van der Waals surface area contributed by atoms with Crippen molar-refractivity contribution in [3.63, 3.8) is 0 Å². The van der Waals surface area contributed by atoms with Crippen molar-refractivity contribution in [3.8, 4) is 0 Å². The number of carbonyl (C=O) groups is 2. The monoisotopic (exact) mass is 331 g/mol. The van der Waals surface area contributed by atoms with Gasteiger partial charge >= 0.3 is 0 Å². The van der Waals surface area contributed by atoms with Gasteiger partial charge in [0.1, 0.15) is 6.04 Å². The molecule has 24 heavy (non-hydrogen) atoms. The number of nitrogens with one attached hydrogen (secondary N) is 1. The van der Waals surface area contributed by atoms with Crippen LogP contribution in [0.25, 0.3) is 0 Å². The van der Waals surface area contributed by atoms with Gasteiger partial charge in [-0.15, -0.1) is 0 Å². The molecule has 1 aliphatic heterocycles. The number of nitrogens with two attached hydrogens (primary N) is 1. The standard InChI is InChI=1S/C19H29N3O2/c1-13(2)16(18(24)22-9-8-19(4,11-20)12-22)21-17(23)15-7-5-6-14(3)10-15/h5-7,10,13,16H,8-9,11-12,20H2,1-4H3,(H,21,23). The third kappa shape index (κ3) is 4.15. The fourth-order valence-electron chi connectivity index (χ4n) is 3.10. The van der Waals surface area contributed by atoms with Crippen LogP contribution < -0.4 is 11.1 Å². The number of hydrogen-bond acceptors (Lipinski definition) is 3. The predicted octanol–water partition coefficient (Wildman–Crippen LogP) is 1.95. The Hall–Kier alpha value is -1.88. The van der Waals surface area contributed by atoms with Crippen molar-refractivity contribution in [2.75, 3.05) is 19.6 Å². The topological polar surface area (TPSA) is 75.4 Å². The van der Waals surface area contributed by atoms with Crippen LogP contribution in [-0.4, -0.2) is 42.4 Å². The zero-order valence-electron chi connectivity index (χ0n) is 15.1. The van der Waals surface area contributed by atoms with Crippen molar-refractivity contribution in [1.82, 2.24) is 10.2 Å². The molecular formula is C19H29N3O2. The molecule has 1 aromatic carbocycles. The van der Waals surface area contributed by atoms with Gasteiger partial charge in [-0.2, -0.15) is 0 Å². The molecule has 1 aromatic rings. The fraction of sp³-hybridized carbons (Fsp3) is 0.579. The van der Waals surface area contributed by atoms with Crippen molar-refractivity contribution in [3.05, 3.63) is 35.4 Å². The van der Waals surface area contributed by atoms with Gasteiger partial charge in [0.2, 0.25) is 5.91 Å². The summed E-state index contributed by atoms with van der Waals surface area (Å²) in [6.45, 7) is 9.89. The second kappa shape index (κ2) is 7.34. The first-order valence-electron chi connectivity index (χ1n) is 8.62. The highest BCUT2D eigenvalue weighted by atomic mass is 16.2. The molecule has 1 aliphatic rings. The summed E-state index contributed by atoms with van der Waals surface area (Å²) in [5.74, 6) is -0.189. The molecule has 132 valence electrons. The van der Waals surface area contributed by atoms with Crippen molar-refractivity contribution < 1.29 is 9.59 Å². The molecule has 2 atom stereocenters.